The zero-order valence-corrected chi connectivity index (χ0v) is 20.7. The molecule has 1 aliphatic carbocycles. The van der Waals surface area contributed by atoms with E-state index in [1.807, 2.05) is 6.92 Å². The average molecular weight is 507 g/mol. The van der Waals surface area contributed by atoms with E-state index in [0.29, 0.717) is 36.4 Å². The molecule has 2 atom stereocenters. The molecule has 2 aliphatic rings. The number of rotatable bonds is 9. The Kier molecular flexibility index (Phi) is 8.32. The molecule has 1 saturated carbocycles. The van der Waals surface area contributed by atoms with Gasteiger partial charge in [0.1, 0.15) is 0 Å². The lowest BCUT2D eigenvalue weighted by atomic mass is 9.81. The first-order valence-corrected chi connectivity index (χ1v) is 12.6. The van der Waals surface area contributed by atoms with Crippen LogP contribution in [-0.4, -0.2) is 42.9 Å². The van der Waals surface area contributed by atoms with Gasteiger partial charge in [0.25, 0.3) is 5.91 Å². The van der Waals surface area contributed by atoms with Gasteiger partial charge in [-0.25, -0.2) is 9.59 Å². The van der Waals surface area contributed by atoms with Gasteiger partial charge in [0.15, 0.2) is 6.61 Å². The van der Waals surface area contributed by atoms with Crippen molar-refractivity contribution < 1.29 is 33.4 Å². The number of carbonyl (C=O) groups excluding carboxylic acids is 5. The quantitative estimate of drug-likeness (QED) is 0.309. The number of benzene rings is 2. The van der Waals surface area contributed by atoms with Crippen molar-refractivity contribution in [3.8, 4) is 0 Å². The van der Waals surface area contributed by atoms with Crippen molar-refractivity contribution in [2.24, 2.45) is 11.8 Å². The number of fused-ring (bicyclic) bond motifs is 1. The zero-order valence-electron chi connectivity index (χ0n) is 20.7. The molecule has 0 aromatic heterocycles. The van der Waals surface area contributed by atoms with Gasteiger partial charge >= 0.3 is 11.9 Å². The minimum atomic E-state index is -0.751. The second kappa shape index (κ2) is 11.8. The lowest BCUT2D eigenvalue weighted by Gasteiger charge is -2.19. The van der Waals surface area contributed by atoms with Gasteiger partial charge in [0, 0.05) is 5.69 Å². The Morgan fingerprint density at radius 3 is 2.19 bits per heavy atom. The summed E-state index contributed by atoms with van der Waals surface area (Å²) in [5, 5.41) is 2.60. The van der Waals surface area contributed by atoms with Crippen LogP contribution in [0, 0.1) is 11.8 Å². The molecule has 1 heterocycles. The van der Waals surface area contributed by atoms with Crippen molar-refractivity contribution >= 4 is 41.0 Å². The number of anilines is 2. The van der Waals surface area contributed by atoms with Gasteiger partial charge in [-0.1, -0.05) is 32.3 Å². The predicted octanol–water partition coefficient (Wildman–Crippen LogP) is 4.12. The van der Waals surface area contributed by atoms with Crippen LogP contribution in [0.4, 0.5) is 11.4 Å². The first kappa shape index (κ1) is 26.1. The van der Waals surface area contributed by atoms with Crippen molar-refractivity contribution in [2.45, 2.75) is 45.4 Å². The number of esters is 2. The third kappa shape index (κ3) is 6.04. The third-order valence-corrected chi connectivity index (χ3v) is 6.65. The fraction of sp³-hybridized carbons (Fsp3) is 0.393. The highest BCUT2D eigenvalue weighted by atomic mass is 16.5. The highest BCUT2D eigenvalue weighted by Gasteiger charge is 2.48. The number of amides is 3. The third-order valence-electron chi connectivity index (χ3n) is 6.65. The van der Waals surface area contributed by atoms with Crippen LogP contribution in [0.5, 0.6) is 0 Å². The van der Waals surface area contributed by atoms with Crippen LogP contribution in [0.25, 0.3) is 0 Å². The predicted molar refractivity (Wildman–Crippen MR) is 135 cm³/mol. The van der Waals surface area contributed by atoms with E-state index in [9.17, 15) is 24.0 Å². The van der Waals surface area contributed by atoms with E-state index in [4.69, 9.17) is 9.47 Å². The Bertz CT molecular complexity index is 1170. The molecule has 1 N–H and O–H groups in total. The Labute approximate surface area is 215 Å². The summed E-state index contributed by atoms with van der Waals surface area (Å²) in [6, 6.07) is 12.3. The maximum atomic E-state index is 12.8. The summed E-state index contributed by atoms with van der Waals surface area (Å²) in [6.45, 7) is 1.83. The van der Waals surface area contributed by atoms with E-state index in [-0.39, 0.29) is 29.2 Å². The first-order chi connectivity index (χ1) is 17.9. The molecule has 3 amide bonds. The molecule has 0 unspecified atom stereocenters. The summed E-state index contributed by atoms with van der Waals surface area (Å²) in [7, 11) is 0. The monoisotopic (exact) mass is 506 g/mol. The number of unbranched alkanes of at least 4 members (excludes halogenated alkanes) is 1. The summed E-state index contributed by atoms with van der Waals surface area (Å²) in [4.78, 5) is 63.7. The zero-order chi connectivity index (χ0) is 26.4. The van der Waals surface area contributed by atoms with Crippen LogP contribution in [-0.2, 0) is 23.9 Å². The topological polar surface area (TPSA) is 119 Å². The summed E-state index contributed by atoms with van der Waals surface area (Å²) < 4.78 is 10.3. The van der Waals surface area contributed by atoms with E-state index in [0.717, 1.165) is 25.7 Å². The molecule has 2 fully saturated rings. The largest absolute Gasteiger partial charge is 0.462 e. The highest BCUT2D eigenvalue weighted by Crippen LogP contribution is 2.40. The minimum absolute atomic E-state index is 0.131. The van der Waals surface area contributed by atoms with Gasteiger partial charge < -0.3 is 14.8 Å². The van der Waals surface area contributed by atoms with E-state index < -0.39 is 24.5 Å². The summed E-state index contributed by atoms with van der Waals surface area (Å²) in [5.74, 6) is -2.77. The molecular weight excluding hydrogens is 476 g/mol. The number of nitrogens with one attached hydrogen (secondary N) is 1. The molecule has 2 aromatic rings. The molecule has 2 aromatic carbocycles. The van der Waals surface area contributed by atoms with Gasteiger partial charge in [0.05, 0.1) is 35.3 Å². The van der Waals surface area contributed by atoms with Crippen molar-refractivity contribution in [2.75, 3.05) is 23.4 Å². The number of imide groups is 1. The van der Waals surface area contributed by atoms with Gasteiger partial charge in [-0.05, 0) is 61.7 Å². The molecule has 1 saturated heterocycles. The lowest BCUT2D eigenvalue weighted by Crippen LogP contribution is -2.31. The Balaban J connectivity index is 1.31. The van der Waals surface area contributed by atoms with Gasteiger partial charge in [-0.3, -0.25) is 19.3 Å². The van der Waals surface area contributed by atoms with E-state index in [1.165, 1.54) is 17.0 Å². The van der Waals surface area contributed by atoms with Gasteiger partial charge in [-0.15, -0.1) is 0 Å². The summed E-state index contributed by atoms with van der Waals surface area (Å²) in [6.07, 6.45) is 4.98. The van der Waals surface area contributed by atoms with Crippen LogP contribution >= 0.6 is 0 Å². The van der Waals surface area contributed by atoms with Crippen LogP contribution in [0.2, 0.25) is 0 Å². The Morgan fingerprint density at radius 1 is 0.892 bits per heavy atom. The number of ether oxygens (including phenoxy) is 2. The second-order valence-electron chi connectivity index (χ2n) is 9.25. The molecule has 194 valence electrons. The maximum Gasteiger partial charge on any atom is 0.338 e. The number of hydrogen-bond donors (Lipinski definition) is 1. The lowest BCUT2D eigenvalue weighted by molar-refractivity contribution is -0.122. The SMILES string of the molecule is CCCCOC(=O)c1ccc(NC(=O)COC(=O)c2cccc(N3C(=O)[C@H]4CCCC[C@H]4C3=O)c2)cc1. The highest BCUT2D eigenvalue weighted by molar-refractivity contribution is 6.22. The van der Waals surface area contributed by atoms with Gasteiger partial charge in [-0.2, -0.15) is 0 Å². The molecular formula is C28H30N2O7. The molecule has 4 rings (SSSR count). The molecule has 0 bridgehead atoms. The molecule has 9 heteroatoms. The van der Waals surface area contributed by atoms with Gasteiger partial charge in [0.2, 0.25) is 11.8 Å². The first-order valence-electron chi connectivity index (χ1n) is 12.6. The molecule has 0 spiro atoms. The van der Waals surface area contributed by atoms with Crippen LogP contribution < -0.4 is 10.2 Å². The minimum Gasteiger partial charge on any atom is -0.462 e. The number of nitrogens with zero attached hydrogens (tertiary/aromatic N) is 1. The van der Waals surface area contributed by atoms with E-state index >= 15 is 0 Å². The summed E-state index contributed by atoms with van der Waals surface area (Å²) in [5.41, 5.74) is 1.26. The van der Waals surface area contributed by atoms with Crippen LogP contribution in [0.15, 0.2) is 48.5 Å². The van der Waals surface area contributed by atoms with Crippen LogP contribution in [0.3, 0.4) is 0 Å². The van der Waals surface area contributed by atoms with Crippen molar-refractivity contribution in [3.05, 3.63) is 59.7 Å². The molecule has 37 heavy (non-hydrogen) atoms. The number of carbonyl (C=O) groups is 5. The molecule has 9 nitrogen and oxygen atoms in total. The second-order valence-corrected chi connectivity index (χ2v) is 9.25. The van der Waals surface area contributed by atoms with Crippen molar-refractivity contribution in [1.29, 1.82) is 0 Å². The molecule has 0 radical (unpaired) electrons. The Morgan fingerprint density at radius 2 is 1.54 bits per heavy atom. The van der Waals surface area contributed by atoms with E-state index in [1.54, 1.807) is 36.4 Å². The number of hydrogen-bond acceptors (Lipinski definition) is 7. The van der Waals surface area contributed by atoms with E-state index in [2.05, 4.69) is 5.32 Å². The van der Waals surface area contributed by atoms with Crippen LogP contribution in [0.1, 0.15) is 66.2 Å². The molecule has 1 aliphatic heterocycles. The standard InChI is InChI=1S/C28H30N2O7/c1-2-3-15-36-27(34)18-11-13-20(14-12-18)29-24(31)17-37-28(35)19-7-6-8-21(16-19)30-25(32)22-9-4-5-10-23(22)26(30)33/h6-8,11-14,16,22-23H,2-5,9-10,15,17H2,1H3,(H,29,31)/t22-,23+. The fourth-order valence-corrected chi connectivity index (χ4v) is 4.68. The maximum absolute atomic E-state index is 12.8. The average Bonchev–Trinajstić information content (AvgIpc) is 3.17. The summed E-state index contributed by atoms with van der Waals surface area (Å²) >= 11 is 0. The van der Waals surface area contributed by atoms with Crippen molar-refractivity contribution in [1.82, 2.24) is 0 Å². The van der Waals surface area contributed by atoms with Crippen molar-refractivity contribution in [3.63, 3.8) is 0 Å². The normalized spacial score (nSPS) is 18.8. The Hall–Kier alpha value is -4.01. The fourth-order valence-electron chi connectivity index (χ4n) is 4.68. The smallest absolute Gasteiger partial charge is 0.338 e.